The predicted molar refractivity (Wildman–Crippen MR) is 134 cm³/mol. The zero-order chi connectivity index (χ0) is 24.5. The normalized spacial score (nSPS) is 12.5. The standard InChI is InChI=1S/C26H34ClN3O4/c1-19(2)33-18-22(31)16-30(14-15-32-4)17-24-25(20-8-6-5-7-9-20)28-29(3)26(24)34-23-12-10-21(27)11-13-23/h5-13,19,22,31H,14-18H2,1-4H3/t22-/m0/s1. The summed E-state index contributed by atoms with van der Waals surface area (Å²) in [4.78, 5) is 2.13. The van der Waals surface area contributed by atoms with Crippen LogP contribution in [0.4, 0.5) is 0 Å². The van der Waals surface area contributed by atoms with Crippen molar-refractivity contribution in [1.82, 2.24) is 14.7 Å². The number of benzene rings is 2. The fourth-order valence-corrected chi connectivity index (χ4v) is 3.72. The Hall–Kier alpha value is -2.42. The van der Waals surface area contributed by atoms with Crippen LogP contribution >= 0.6 is 11.6 Å². The fraction of sp³-hybridized carbons (Fsp3) is 0.423. The molecule has 0 aliphatic carbocycles. The fourth-order valence-electron chi connectivity index (χ4n) is 3.60. The highest BCUT2D eigenvalue weighted by molar-refractivity contribution is 6.30. The number of aryl methyl sites for hydroxylation is 1. The third-order valence-electron chi connectivity index (χ3n) is 5.25. The third-order valence-corrected chi connectivity index (χ3v) is 5.50. The van der Waals surface area contributed by atoms with Gasteiger partial charge in [-0.25, -0.2) is 4.68 Å². The maximum absolute atomic E-state index is 10.6. The molecule has 1 N–H and O–H groups in total. The molecule has 184 valence electrons. The molecule has 3 rings (SSSR count). The van der Waals surface area contributed by atoms with Crippen molar-refractivity contribution in [2.24, 2.45) is 7.05 Å². The lowest BCUT2D eigenvalue weighted by molar-refractivity contribution is -0.0121. The van der Waals surface area contributed by atoms with E-state index in [1.54, 1.807) is 23.9 Å². The van der Waals surface area contributed by atoms with Gasteiger partial charge in [0.05, 0.1) is 31.0 Å². The number of rotatable bonds is 13. The highest BCUT2D eigenvalue weighted by atomic mass is 35.5. The number of hydrogen-bond donors (Lipinski definition) is 1. The quantitative estimate of drug-likeness (QED) is 0.374. The van der Waals surface area contributed by atoms with E-state index >= 15 is 0 Å². The molecule has 0 aliphatic heterocycles. The molecule has 0 radical (unpaired) electrons. The van der Waals surface area contributed by atoms with Crippen molar-refractivity contribution in [2.75, 3.05) is 33.4 Å². The Morgan fingerprint density at radius 1 is 1.09 bits per heavy atom. The van der Waals surface area contributed by atoms with Gasteiger partial charge in [0.25, 0.3) is 0 Å². The number of aliphatic hydroxyl groups is 1. The van der Waals surface area contributed by atoms with E-state index in [1.165, 1.54) is 0 Å². The summed E-state index contributed by atoms with van der Waals surface area (Å²) < 4.78 is 19.0. The van der Waals surface area contributed by atoms with Crippen molar-refractivity contribution in [3.63, 3.8) is 0 Å². The number of hydrogen-bond acceptors (Lipinski definition) is 6. The van der Waals surface area contributed by atoms with Crippen molar-refractivity contribution < 1.29 is 19.3 Å². The predicted octanol–water partition coefficient (Wildman–Crippen LogP) is 4.77. The van der Waals surface area contributed by atoms with E-state index in [9.17, 15) is 5.11 Å². The van der Waals surface area contributed by atoms with Gasteiger partial charge in [-0.1, -0.05) is 41.9 Å². The van der Waals surface area contributed by atoms with Crippen LogP contribution in [0.1, 0.15) is 19.4 Å². The molecular formula is C26H34ClN3O4. The minimum atomic E-state index is -0.628. The molecule has 0 bridgehead atoms. The first-order chi connectivity index (χ1) is 16.4. The first kappa shape index (κ1) is 26.2. The molecule has 2 aromatic carbocycles. The van der Waals surface area contributed by atoms with Gasteiger partial charge in [0, 0.05) is 44.4 Å². The summed E-state index contributed by atoms with van der Waals surface area (Å²) in [6, 6.07) is 17.3. The van der Waals surface area contributed by atoms with Crippen LogP contribution in [0.5, 0.6) is 11.6 Å². The van der Waals surface area contributed by atoms with E-state index in [1.807, 2.05) is 63.4 Å². The lowest BCUT2D eigenvalue weighted by atomic mass is 10.1. The Morgan fingerprint density at radius 3 is 2.44 bits per heavy atom. The van der Waals surface area contributed by atoms with Crippen molar-refractivity contribution >= 4 is 11.6 Å². The van der Waals surface area contributed by atoms with Crippen LogP contribution in [-0.2, 0) is 23.1 Å². The second-order valence-corrected chi connectivity index (χ2v) is 8.88. The van der Waals surface area contributed by atoms with Crippen molar-refractivity contribution in [2.45, 2.75) is 32.6 Å². The number of aromatic nitrogens is 2. The van der Waals surface area contributed by atoms with Crippen molar-refractivity contribution in [3.8, 4) is 22.9 Å². The molecule has 1 aromatic heterocycles. The zero-order valence-electron chi connectivity index (χ0n) is 20.3. The molecule has 0 unspecified atom stereocenters. The second-order valence-electron chi connectivity index (χ2n) is 8.44. The van der Waals surface area contributed by atoms with Crippen LogP contribution in [0.15, 0.2) is 54.6 Å². The number of nitrogens with zero attached hydrogens (tertiary/aromatic N) is 3. The van der Waals surface area contributed by atoms with Gasteiger partial charge in [-0.05, 0) is 38.1 Å². The van der Waals surface area contributed by atoms with E-state index in [0.717, 1.165) is 16.8 Å². The van der Waals surface area contributed by atoms with E-state index in [-0.39, 0.29) is 12.7 Å². The van der Waals surface area contributed by atoms with Gasteiger partial charge >= 0.3 is 0 Å². The Labute approximate surface area is 206 Å². The molecule has 8 heteroatoms. The number of ether oxygens (including phenoxy) is 3. The molecular weight excluding hydrogens is 454 g/mol. The van der Waals surface area contributed by atoms with E-state index < -0.39 is 6.10 Å². The summed E-state index contributed by atoms with van der Waals surface area (Å²) >= 11 is 6.05. The van der Waals surface area contributed by atoms with Gasteiger partial charge in [0.15, 0.2) is 0 Å². The molecule has 1 heterocycles. The Bertz CT molecular complexity index is 1010. The Balaban J connectivity index is 1.93. The molecule has 34 heavy (non-hydrogen) atoms. The average Bonchev–Trinajstić information content (AvgIpc) is 3.13. The first-order valence-electron chi connectivity index (χ1n) is 11.4. The van der Waals surface area contributed by atoms with Crippen molar-refractivity contribution in [1.29, 1.82) is 0 Å². The number of methoxy groups -OCH3 is 1. The molecule has 0 amide bonds. The van der Waals surface area contributed by atoms with Crippen LogP contribution in [-0.4, -0.2) is 65.4 Å². The van der Waals surface area contributed by atoms with Gasteiger partial charge in [-0.2, -0.15) is 5.10 Å². The van der Waals surface area contributed by atoms with E-state index in [0.29, 0.717) is 42.9 Å². The van der Waals surface area contributed by atoms with Gasteiger partial charge in [-0.15, -0.1) is 0 Å². The maximum Gasteiger partial charge on any atom is 0.222 e. The van der Waals surface area contributed by atoms with Gasteiger partial charge in [-0.3, -0.25) is 4.90 Å². The summed E-state index contributed by atoms with van der Waals surface area (Å²) in [5.41, 5.74) is 2.76. The highest BCUT2D eigenvalue weighted by Gasteiger charge is 2.23. The lowest BCUT2D eigenvalue weighted by Crippen LogP contribution is -2.37. The van der Waals surface area contributed by atoms with E-state index in [2.05, 4.69) is 4.90 Å². The van der Waals surface area contributed by atoms with E-state index in [4.69, 9.17) is 30.9 Å². The molecule has 1 atom stereocenters. The largest absolute Gasteiger partial charge is 0.439 e. The molecule has 0 saturated heterocycles. The average molecular weight is 488 g/mol. The summed E-state index contributed by atoms with van der Waals surface area (Å²) in [6.45, 7) is 6.30. The molecule has 0 saturated carbocycles. The van der Waals surface area contributed by atoms with Crippen LogP contribution in [0.25, 0.3) is 11.3 Å². The molecule has 7 nitrogen and oxygen atoms in total. The molecule has 0 aliphatic rings. The molecule has 3 aromatic rings. The Kier molecular flexibility index (Phi) is 9.92. The molecule has 0 fully saturated rings. The van der Waals surface area contributed by atoms with Crippen LogP contribution < -0.4 is 4.74 Å². The SMILES string of the molecule is COCCN(Cc1c(-c2ccccc2)nn(C)c1Oc1ccc(Cl)cc1)C[C@H](O)COC(C)C. The second kappa shape index (κ2) is 12.9. The summed E-state index contributed by atoms with van der Waals surface area (Å²) in [5, 5.41) is 16.0. The summed E-state index contributed by atoms with van der Waals surface area (Å²) in [6.07, 6.45) is -0.568. The number of aliphatic hydroxyl groups excluding tert-OH is 1. The van der Waals surface area contributed by atoms with Gasteiger partial charge in [0.1, 0.15) is 11.4 Å². The van der Waals surface area contributed by atoms with Gasteiger partial charge < -0.3 is 19.3 Å². The minimum absolute atomic E-state index is 0.0597. The maximum atomic E-state index is 10.6. The Morgan fingerprint density at radius 2 is 1.79 bits per heavy atom. The van der Waals surface area contributed by atoms with Crippen LogP contribution in [0.3, 0.4) is 0 Å². The van der Waals surface area contributed by atoms with Crippen LogP contribution in [0.2, 0.25) is 5.02 Å². The number of halogens is 1. The summed E-state index contributed by atoms with van der Waals surface area (Å²) in [5.74, 6) is 1.30. The third kappa shape index (κ3) is 7.55. The monoisotopic (exact) mass is 487 g/mol. The minimum Gasteiger partial charge on any atom is -0.439 e. The smallest absolute Gasteiger partial charge is 0.222 e. The molecule has 0 spiro atoms. The zero-order valence-corrected chi connectivity index (χ0v) is 21.0. The first-order valence-corrected chi connectivity index (χ1v) is 11.8. The summed E-state index contributed by atoms with van der Waals surface area (Å²) in [7, 11) is 3.54. The highest BCUT2D eigenvalue weighted by Crippen LogP contribution is 2.34. The lowest BCUT2D eigenvalue weighted by Gasteiger charge is -2.25. The van der Waals surface area contributed by atoms with Gasteiger partial charge in [0.2, 0.25) is 5.88 Å². The van der Waals surface area contributed by atoms with Crippen molar-refractivity contribution in [3.05, 3.63) is 65.2 Å². The van der Waals surface area contributed by atoms with Crippen LogP contribution in [0, 0.1) is 0 Å². The topological polar surface area (TPSA) is 69.0 Å².